The van der Waals surface area contributed by atoms with Gasteiger partial charge in [-0.05, 0) is 30.3 Å². The van der Waals surface area contributed by atoms with Crippen LogP contribution >= 0.6 is 0 Å². The summed E-state index contributed by atoms with van der Waals surface area (Å²) < 4.78 is 47.4. The number of pyridine rings is 2. The number of hydrogen-bond donors (Lipinski definition) is 1. The van der Waals surface area contributed by atoms with Crippen LogP contribution in [0.2, 0.25) is 0 Å². The summed E-state index contributed by atoms with van der Waals surface area (Å²) in [6.07, 6.45) is 0.352. The molecule has 0 radical (unpaired) electrons. The number of nitrogens with zero attached hydrogens (tertiary/aromatic N) is 7. The number of carbonyl (C=O) groups excluding carboxylic acids is 1. The topological polar surface area (TPSA) is 118 Å². The molecule has 0 saturated heterocycles. The highest BCUT2D eigenvalue weighted by Gasteiger charge is 2.39. The van der Waals surface area contributed by atoms with Crippen molar-refractivity contribution in [3.05, 3.63) is 83.7 Å². The van der Waals surface area contributed by atoms with Gasteiger partial charge in [-0.25, -0.2) is 9.50 Å². The van der Waals surface area contributed by atoms with Gasteiger partial charge in [0.15, 0.2) is 0 Å². The first-order valence-corrected chi connectivity index (χ1v) is 10.5. The second kappa shape index (κ2) is 7.75. The number of rotatable bonds is 3. The summed E-state index contributed by atoms with van der Waals surface area (Å²) in [5.74, 6) is -0.786. The molecule has 0 fully saturated rings. The Morgan fingerprint density at radius 1 is 1.14 bits per heavy atom. The number of halogens is 3. The van der Waals surface area contributed by atoms with Gasteiger partial charge in [-0.2, -0.15) is 18.3 Å². The maximum atomic E-state index is 13.6. The Morgan fingerprint density at radius 3 is 2.83 bits per heavy atom. The monoisotopic (exact) mass is 480 g/mol. The Labute approximate surface area is 194 Å². The molecule has 6 heterocycles. The molecule has 176 valence electrons. The number of aromatic amines is 1. The smallest absolute Gasteiger partial charge is 0.411 e. The zero-order valence-electron chi connectivity index (χ0n) is 17.8. The van der Waals surface area contributed by atoms with E-state index in [4.69, 9.17) is 4.42 Å². The van der Waals surface area contributed by atoms with Gasteiger partial charge in [-0.1, -0.05) is 6.07 Å². The lowest BCUT2D eigenvalue weighted by Crippen LogP contribution is -2.41. The molecule has 35 heavy (non-hydrogen) atoms. The SMILES string of the molecule is O=C(c1nnc(-c2ccccn2)o1)N1CCc2[nH]cnc2[C@@H]1c1cc2c(C(F)(F)F)cccn2n1. The number of amides is 1. The van der Waals surface area contributed by atoms with E-state index in [0.29, 0.717) is 17.8 Å². The molecule has 1 aliphatic rings. The number of H-pyrrole nitrogens is 1. The lowest BCUT2D eigenvalue weighted by atomic mass is 9.99. The lowest BCUT2D eigenvalue weighted by molar-refractivity contribution is -0.136. The van der Waals surface area contributed by atoms with E-state index in [-0.39, 0.29) is 29.5 Å². The molecule has 10 nitrogen and oxygen atoms in total. The van der Waals surface area contributed by atoms with Gasteiger partial charge in [0, 0.05) is 31.1 Å². The fourth-order valence-corrected chi connectivity index (χ4v) is 4.23. The Hall–Kier alpha value is -4.55. The van der Waals surface area contributed by atoms with Crippen molar-refractivity contribution in [1.82, 2.24) is 39.7 Å². The number of nitrogens with one attached hydrogen (secondary N) is 1. The van der Waals surface area contributed by atoms with Crippen LogP contribution in [0, 0.1) is 0 Å². The summed E-state index contributed by atoms with van der Waals surface area (Å²) in [6.45, 7) is 0.236. The normalized spacial score (nSPS) is 16.0. The minimum Gasteiger partial charge on any atom is -0.411 e. The number of alkyl halides is 3. The summed E-state index contributed by atoms with van der Waals surface area (Å²) >= 11 is 0. The summed E-state index contributed by atoms with van der Waals surface area (Å²) in [7, 11) is 0. The van der Waals surface area contributed by atoms with Crippen LogP contribution in [0.4, 0.5) is 13.2 Å². The second-order valence-electron chi connectivity index (χ2n) is 7.86. The minimum absolute atomic E-state index is 0.0746. The van der Waals surface area contributed by atoms with Gasteiger partial charge < -0.3 is 14.3 Å². The summed E-state index contributed by atoms with van der Waals surface area (Å²) in [5.41, 5.74) is 0.946. The molecule has 13 heteroatoms. The van der Waals surface area contributed by atoms with Gasteiger partial charge in [-0.3, -0.25) is 9.78 Å². The van der Waals surface area contributed by atoms with Crippen molar-refractivity contribution in [1.29, 1.82) is 0 Å². The third-order valence-corrected chi connectivity index (χ3v) is 5.78. The molecule has 0 bridgehead atoms. The first-order chi connectivity index (χ1) is 16.9. The molecule has 1 N–H and O–H groups in total. The standard InChI is InChI=1S/C22H15F3N8O2/c23-22(24,25)12-4-3-8-33-16(12)10-15(31-33)18-17-13(27-11-28-17)6-9-32(18)21(34)20-30-29-19(35-20)14-5-1-2-7-26-14/h1-5,7-8,10-11,18H,6,9H2,(H,27,28)/t18-/m0/s1. The number of fused-ring (bicyclic) bond motifs is 2. The van der Waals surface area contributed by atoms with E-state index in [9.17, 15) is 18.0 Å². The largest absolute Gasteiger partial charge is 0.418 e. The summed E-state index contributed by atoms with van der Waals surface area (Å²) in [4.78, 5) is 26.4. The maximum absolute atomic E-state index is 13.6. The molecule has 5 aromatic rings. The van der Waals surface area contributed by atoms with Crippen molar-refractivity contribution in [3.8, 4) is 11.6 Å². The van der Waals surface area contributed by atoms with Crippen LogP contribution in [0.5, 0.6) is 0 Å². The van der Waals surface area contributed by atoms with E-state index in [1.807, 2.05) is 0 Å². The van der Waals surface area contributed by atoms with Gasteiger partial charge in [0.05, 0.1) is 28.8 Å². The van der Waals surface area contributed by atoms with Crippen LogP contribution in [0.3, 0.4) is 0 Å². The zero-order valence-corrected chi connectivity index (χ0v) is 17.8. The predicted octanol–water partition coefficient (Wildman–Crippen LogP) is 3.31. The molecule has 0 saturated carbocycles. The van der Waals surface area contributed by atoms with Gasteiger partial charge >= 0.3 is 18.0 Å². The molecular formula is C22H15F3N8O2. The lowest BCUT2D eigenvalue weighted by Gasteiger charge is -2.32. The van der Waals surface area contributed by atoms with Crippen molar-refractivity contribution in [2.24, 2.45) is 0 Å². The summed E-state index contributed by atoms with van der Waals surface area (Å²) in [5, 5.41) is 12.2. The van der Waals surface area contributed by atoms with Crippen molar-refractivity contribution in [3.63, 3.8) is 0 Å². The predicted molar refractivity (Wildman–Crippen MR) is 113 cm³/mol. The average Bonchev–Trinajstić information content (AvgIpc) is 3.61. The number of imidazole rings is 1. The van der Waals surface area contributed by atoms with Crippen LogP contribution in [0.15, 0.2) is 59.5 Å². The number of aromatic nitrogens is 7. The molecule has 5 aromatic heterocycles. The van der Waals surface area contributed by atoms with Gasteiger partial charge in [0.2, 0.25) is 0 Å². The highest BCUT2D eigenvalue weighted by molar-refractivity contribution is 5.90. The Morgan fingerprint density at radius 2 is 2.03 bits per heavy atom. The molecule has 6 rings (SSSR count). The maximum Gasteiger partial charge on any atom is 0.418 e. The molecule has 0 spiro atoms. The van der Waals surface area contributed by atoms with Crippen LogP contribution in [0.1, 0.15) is 39.4 Å². The van der Waals surface area contributed by atoms with Gasteiger partial charge in [-0.15, -0.1) is 10.2 Å². The van der Waals surface area contributed by atoms with E-state index < -0.39 is 23.7 Å². The number of hydrogen-bond acceptors (Lipinski definition) is 7. The second-order valence-corrected chi connectivity index (χ2v) is 7.86. The van der Waals surface area contributed by atoms with Crippen LogP contribution in [-0.2, 0) is 12.6 Å². The molecule has 1 atom stereocenters. The van der Waals surface area contributed by atoms with Gasteiger partial charge in [0.1, 0.15) is 11.7 Å². The quantitative estimate of drug-likeness (QED) is 0.421. The molecule has 1 amide bonds. The number of carbonyl (C=O) groups is 1. The highest BCUT2D eigenvalue weighted by atomic mass is 19.4. The fraction of sp³-hybridized carbons (Fsp3) is 0.182. The van der Waals surface area contributed by atoms with Crippen LogP contribution in [-0.4, -0.2) is 52.1 Å². The third-order valence-electron chi connectivity index (χ3n) is 5.78. The Balaban J connectivity index is 1.42. The molecule has 1 aliphatic heterocycles. The molecule has 0 aliphatic carbocycles. The van der Waals surface area contributed by atoms with E-state index in [1.54, 1.807) is 24.4 Å². The molecular weight excluding hydrogens is 465 g/mol. The van der Waals surface area contributed by atoms with E-state index in [1.165, 1.54) is 29.6 Å². The van der Waals surface area contributed by atoms with Crippen molar-refractivity contribution < 1.29 is 22.4 Å². The van der Waals surface area contributed by atoms with Crippen LogP contribution in [0.25, 0.3) is 17.1 Å². The van der Waals surface area contributed by atoms with E-state index >= 15 is 0 Å². The van der Waals surface area contributed by atoms with Crippen molar-refractivity contribution >= 4 is 11.4 Å². The fourth-order valence-electron chi connectivity index (χ4n) is 4.23. The van der Waals surface area contributed by atoms with Gasteiger partial charge in [0.25, 0.3) is 5.89 Å². The first-order valence-electron chi connectivity index (χ1n) is 10.5. The van der Waals surface area contributed by atoms with Crippen molar-refractivity contribution in [2.45, 2.75) is 18.6 Å². The third kappa shape index (κ3) is 3.52. The van der Waals surface area contributed by atoms with Crippen LogP contribution < -0.4 is 0 Å². The van der Waals surface area contributed by atoms with E-state index in [2.05, 4.69) is 30.2 Å². The van der Waals surface area contributed by atoms with E-state index in [0.717, 1.165) is 16.3 Å². The molecule has 0 aromatic carbocycles. The first kappa shape index (κ1) is 21.0. The summed E-state index contributed by atoms with van der Waals surface area (Å²) in [6, 6.07) is 7.86. The Bertz CT molecular complexity index is 1540. The Kier molecular flexibility index (Phi) is 4.65. The minimum atomic E-state index is -4.56. The molecule has 0 unspecified atom stereocenters. The average molecular weight is 480 g/mol. The highest BCUT2D eigenvalue weighted by Crippen LogP contribution is 2.37. The van der Waals surface area contributed by atoms with Crippen molar-refractivity contribution in [2.75, 3.05) is 6.54 Å². The zero-order chi connectivity index (χ0) is 24.2.